The van der Waals surface area contributed by atoms with E-state index in [4.69, 9.17) is 4.74 Å². The van der Waals surface area contributed by atoms with Gasteiger partial charge in [0.05, 0.1) is 12.6 Å². The number of nitrogens with one attached hydrogen (secondary N) is 2. The fourth-order valence-electron chi connectivity index (χ4n) is 3.21. The van der Waals surface area contributed by atoms with E-state index in [0.717, 1.165) is 31.4 Å². The summed E-state index contributed by atoms with van der Waals surface area (Å²) in [6, 6.07) is 8.53. The zero-order chi connectivity index (χ0) is 18.9. The number of nitrogens with zero attached hydrogens (tertiary/aromatic N) is 2. The molecule has 0 aromatic heterocycles. The van der Waals surface area contributed by atoms with Gasteiger partial charge in [-0.3, -0.25) is 4.99 Å². The molecule has 0 saturated carbocycles. The lowest BCUT2D eigenvalue weighted by molar-refractivity contribution is 0.271. The molecular formula is C21H37IN4O. The van der Waals surface area contributed by atoms with Gasteiger partial charge >= 0.3 is 0 Å². The second-order valence-corrected chi connectivity index (χ2v) is 7.64. The minimum Gasteiger partial charge on any atom is -0.493 e. The maximum atomic E-state index is 5.76. The van der Waals surface area contributed by atoms with Crippen LogP contribution < -0.4 is 15.4 Å². The van der Waals surface area contributed by atoms with Gasteiger partial charge in [-0.05, 0) is 56.0 Å². The van der Waals surface area contributed by atoms with Gasteiger partial charge in [-0.25, -0.2) is 0 Å². The van der Waals surface area contributed by atoms with E-state index in [9.17, 15) is 0 Å². The number of ether oxygens (including phenoxy) is 1. The van der Waals surface area contributed by atoms with Gasteiger partial charge < -0.3 is 20.3 Å². The predicted octanol–water partition coefficient (Wildman–Crippen LogP) is 3.91. The average molecular weight is 488 g/mol. The van der Waals surface area contributed by atoms with E-state index in [1.165, 1.54) is 25.1 Å². The van der Waals surface area contributed by atoms with Crippen LogP contribution in [0.25, 0.3) is 0 Å². The van der Waals surface area contributed by atoms with E-state index >= 15 is 0 Å². The predicted molar refractivity (Wildman–Crippen MR) is 125 cm³/mol. The molecule has 2 rings (SSSR count). The second-order valence-electron chi connectivity index (χ2n) is 7.64. The van der Waals surface area contributed by atoms with Crippen molar-refractivity contribution in [3.63, 3.8) is 0 Å². The zero-order valence-electron chi connectivity index (χ0n) is 17.5. The minimum atomic E-state index is 0. The Labute approximate surface area is 182 Å². The first kappa shape index (κ1) is 24.0. The first-order chi connectivity index (χ1) is 12.5. The molecule has 2 unspecified atom stereocenters. The quantitative estimate of drug-likeness (QED) is 0.331. The van der Waals surface area contributed by atoms with Crippen molar-refractivity contribution in [1.82, 2.24) is 15.5 Å². The lowest BCUT2D eigenvalue weighted by Gasteiger charge is -2.20. The molecule has 1 saturated heterocycles. The highest BCUT2D eigenvalue weighted by Crippen LogP contribution is 2.18. The molecule has 154 valence electrons. The first-order valence-corrected chi connectivity index (χ1v) is 9.94. The van der Waals surface area contributed by atoms with Crippen LogP contribution in [0.3, 0.4) is 0 Å². The fourth-order valence-corrected chi connectivity index (χ4v) is 3.21. The Bertz CT molecular complexity index is 562. The third kappa shape index (κ3) is 8.25. The molecule has 1 heterocycles. The highest BCUT2D eigenvalue weighted by molar-refractivity contribution is 14.0. The Hall–Kier alpha value is -1.02. The van der Waals surface area contributed by atoms with Crippen molar-refractivity contribution < 1.29 is 4.74 Å². The molecule has 1 aliphatic heterocycles. The SMILES string of the molecule is CCN1CCC(CNC(=NC)NC(C)c2ccc(OCC(C)C)cc2)C1.I. The Kier molecular flexibility index (Phi) is 11.1. The largest absolute Gasteiger partial charge is 0.493 e. The molecule has 0 aliphatic carbocycles. The Morgan fingerprint density at radius 2 is 1.96 bits per heavy atom. The standard InChI is InChI=1S/C21H36N4O.HI/c1-6-25-12-11-18(14-25)13-23-21(22-5)24-17(4)19-7-9-20(10-8-19)26-15-16(2)3;/h7-10,16-18H,6,11-15H2,1-5H3,(H2,22,23,24);1H. The normalized spacial score (nSPS) is 18.9. The molecule has 1 fully saturated rings. The maximum Gasteiger partial charge on any atom is 0.191 e. The van der Waals surface area contributed by atoms with E-state index in [1.54, 1.807) is 0 Å². The lowest BCUT2D eigenvalue weighted by atomic mass is 10.1. The number of rotatable bonds is 8. The van der Waals surface area contributed by atoms with Crippen molar-refractivity contribution in [2.45, 2.75) is 40.2 Å². The number of halogens is 1. The number of guanidine groups is 1. The van der Waals surface area contributed by atoms with Crippen molar-refractivity contribution >= 4 is 29.9 Å². The van der Waals surface area contributed by atoms with Crippen LogP contribution in [0.2, 0.25) is 0 Å². The summed E-state index contributed by atoms with van der Waals surface area (Å²) in [5.74, 6) is 3.04. The molecule has 1 aromatic carbocycles. The molecule has 0 spiro atoms. The third-order valence-electron chi connectivity index (χ3n) is 4.92. The number of benzene rings is 1. The van der Waals surface area contributed by atoms with Crippen LogP contribution in [0.15, 0.2) is 29.3 Å². The van der Waals surface area contributed by atoms with Gasteiger partial charge in [0.15, 0.2) is 5.96 Å². The molecule has 0 radical (unpaired) electrons. The van der Waals surface area contributed by atoms with E-state index in [2.05, 4.69) is 60.4 Å². The van der Waals surface area contributed by atoms with Crippen molar-refractivity contribution in [2.75, 3.05) is 39.8 Å². The highest BCUT2D eigenvalue weighted by Gasteiger charge is 2.21. The van der Waals surface area contributed by atoms with Crippen LogP contribution >= 0.6 is 24.0 Å². The summed E-state index contributed by atoms with van der Waals surface area (Å²) in [5.41, 5.74) is 1.22. The zero-order valence-corrected chi connectivity index (χ0v) is 19.8. The molecule has 5 nitrogen and oxygen atoms in total. The van der Waals surface area contributed by atoms with E-state index in [0.29, 0.717) is 11.8 Å². The summed E-state index contributed by atoms with van der Waals surface area (Å²) in [5, 5.41) is 6.97. The molecular weight excluding hydrogens is 451 g/mol. The van der Waals surface area contributed by atoms with Crippen molar-refractivity contribution in [1.29, 1.82) is 0 Å². The number of hydrogen-bond donors (Lipinski definition) is 2. The fraction of sp³-hybridized carbons (Fsp3) is 0.667. The second kappa shape index (κ2) is 12.4. The van der Waals surface area contributed by atoms with Gasteiger partial charge in [0.25, 0.3) is 0 Å². The summed E-state index contributed by atoms with van der Waals surface area (Å²) in [6.07, 6.45) is 1.27. The molecule has 1 aliphatic rings. The highest BCUT2D eigenvalue weighted by atomic mass is 127. The summed E-state index contributed by atoms with van der Waals surface area (Å²) in [4.78, 5) is 6.88. The van der Waals surface area contributed by atoms with Crippen LogP contribution in [0, 0.1) is 11.8 Å². The van der Waals surface area contributed by atoms with Crippen molar-refractivity contribution in [2.24, 2.45) is 16.8 Å². The Morgan fingerprint density at radius 1 is 1.26 bits per heavy atom. The molecule has 6 heteroatoms. The molecule has 2 N–H and O–H groups in total. The molecule has 27 heavy (non-hydrogen) atoms. The average Bonchev–Trinajstić information content (AvgIpc) is 3.11. The molecule has 0 bridgehead atoms. The Balaban J connectivity index is 0.00000364. The summed E-state index contributed by atoms with van der Waals surface area (Å²) < 4.78 is 5.76. The first-order valence-electron chi connectivity index (χ1n) is 9.94. The summed E-state index contributed by atoms with van der Waals surface area (Å²) in [6.45, 7) is 14.0. The van der Waals surface area contributed by atoms with E-state index < -0.39 is 0 Å². The number of hydrogen-bond acceptors (Lipinski definition) is 3. The van der Waals surface area contributed by atoms with E-state index in [-0.39, 0.29) is 30.0 Å². The molecule has 1 aromatic rings. The van der Waals surface area contributed by atoms with Gasteiger partial charge in [0.1, 0.15) is 5.75 Å². The molecule has 2 atom stereocenters. The van der Waals surface area contributed by atoms with Gasteiger partial charge in [0.2, 0.25) is 0 Å². The van der Waals surface area contributed by atoms with Crippen molar-refractivity contribution in [3.05, 3.63) is 29.8 Å². The van der Waals surface area contributed by atoms with Crippen LogP contribution in [0.5, 0.6) is 5.75 Å². The van der Waals surface area contributed by atoms with Crippen molar-refractivity contribution in [3.8, 4) is 5.75 Å². The van der Waals surface area contributed by atoms with Gasteiger partial charge in [0, 0.05) is 20.1 Å². The minimum absolute atomic E-state index is 0. The van der Waals surface area contributed by atoms with Gasteiger partial charge in [-0.1, -0.05) is 32.9 Å². The van der Waals surface area contributed by atoms with Crippen LogP contribution in [0.1, 0.15) is 45.7 Å². The third-order valence-corrected chi connectivity index (χ3v) is 4.92. The number of aliphatic imine (C=N–C) groups is 1. The van der Waals surface area contributed by atoms with E-state index in [1.807, 2.05) is 19.2 Å². The van der Waals surface area contributed by atoms with Crippen LogP contribution in [0.4, 0.5) is 0 Å². The summed E-state index contributed by atoms with van der Waals surface area (Å²) in [7, 11) is 1.83. The van der Waals surface area contributed by atoms with Gasteiger partial charge in [-0.15, -0.1) is 24.0 Å². The smallest absolute Gasteiger partial charge is 0.191 e. The van der Waals surface area contributed by atoms with Crippen LogP contribution in [-0.2, 0) is 0 Å². The Morgan fingerprint density at radius 3 is 2.52 bits per heavy atom. The topological polar surface area (TPSA) is 48.9 Å². The lowest BCUT2D eigenvalue weighted by Crippen LogP contribution is -2.41. The molecule has 0 amide bonds. The van der Waals surface area contributed by atoms with Gasteiger partial charge in [-0.2, -0.15) is 0 Å². The number of likely N-dealkylation sites (tertiary alicyclic amines) is 1. The summed E-state index contributed by atoms with van der Waals surface area (Å²) >= 11 is 0. The van der Waals surface area contributed by atoms with Crippen LogP contribution in [-0.4, -0.2) is 50.7 Å². The maximum absolute atomic E-state index is 5.76. The monoisotopic (exact) mass is 488 g/mol.